The number of hydrogen-bond acceptors (Lipinski definition) is 7. The lowest BCUT2D eigenvalue weighted by molar-refractivity contribution is -0.125. The fourth-order valence-electron chi connectivity index (χ4n) is 3.17. The molecule has 8 heteroatoms. The second-order valence-corrected chi connectivity index (χ2v) is 8.14. The quantitative estimate of drug-likeness (QED) is 0.720. The van der Waals surface area contributed by atoms with Gasteiger partial charge in [0.05, 0.1) is 18.6 Å². The maximum atomic E-state index is 12.4. The smallest absolute Gasteiger partial charge is 0.228 e. The van der Waals surface area contributed by atoms with Gasteiger partial charge in [-0.3, -0.25) is 4.79 Å². The van der Waals surface area contributed by atoms with Gasteiger partial charge in [-0.1, -0.05) is 23.5 Å². The first kappa shape index (κ1) is 18.0. The highest BCUT2D eigenvalue weighted by molar-refractivity contribution is 7.14. The van der Waals surface area contributed by atoms with Crippen molar-refractivity contribution in [1.82, 2.24) is 20.5 Å². The number of amides is 1. The minimum absolute atomic E-state index is 0.107. The van der Waals surface area contributed by atoms with E-state index in [1.807, 2.05) is 38.1 Å². The summed E-state index contributed by atoms with van der Waals surface area (Å²) in [4.78, 5) is 16.8. The first-order chi connectivity index (χ1) is 13.0. The molecular formula is C19H21N5O2S. The molecule has 1 unspecified atom stereocenters. The molecule has 0 radical (unpaired) electrons. The van der Waals surface area contributed by atoms with Crippen molar-refractivity contribution in [1.29, 1.82) is 0 Å². The maximum Gasteiger partial charge on any atom is 0.228 e. The third-order valence-electron chi connectivity index (χ3n) is 4.53. The van der Waals surface area contributed by atoms with Crippen LogP contribution in [0.4, 0.5) is 5.82 Å². The molecule has 0 saturated carbocycles. The van der Waals surface area contributed by atoms with Crippen LogP contribution in [0.1, 0.15) is 18.4 Å². The molecule has 1 aromatic carbocycles. The average Bonchev–Trinajstić information content (AvgIpc) is 3.07. The van der Waals surface area contributed by atoms with Gasteiger partial charge in [-0.2, -0.15) is 0 Å². The van der Waals surface area contributed by atoms with E-state index >= 15 is 0 Å². The van der Waals surface area contributed by atoms with Crippen LogP contribution < -0.4 is 10.6 Å². The van der Waals surface area contributed by atoms with Crippen molar-refractivity contribution in [3.05, 3.63) is 35.5 Å². The lowest BCUT2D eigenvalue weighted by atomic mass is 10.0. The Bertz CT molecular complexity index is 981. The fourth-order valence-corrected chi connectivity index (χ4v) is 3.86. The Morgan fingerprint density at radius 1 is 1.33 bits per heavy atom. The highest BCUT2D eigenvalue weighted by Crippen LogP contribution is 2.27. The molecule has 1 aliphatic heterocycles. The van der Waals surface area contributed by atoms with Crippen LogP contribution in [0.5, 0.6) is 0 Å². The van der Waals surface area contributed by atoms with Crippen LogP contribution in [0.15, 0.2) is 30.5 Å². The normalized spacial score (nSPS) is 19.9. The third-order valence-corrected chi connectivity index (χ3v) is 5.41. The van der Waals surface area contributed by atoms with E-state index in [4.69, 9.17) is 4.74 Å². The van der Waals surface area contributed by atoms with E-state index < -0.39 is 5.60 Å². The Kier molecular flexibility index (Phi) is 4.86. The highest BCUT2D eigenvalue weighted by atomic mass is 32.1. The highest BCUT2D eigenvalue weighted by Gasteiger charge is 2.30. The van der Waals surface area contributed by atoms with E-state index in [1.165, 1.54) is 0 Å². The molecular weight excluding hydrogens is 362 g/mol. The number of benzene rings is 1. The molecule has 1 atom stereocenters. The molecule has 4 rings (SSSR count). The van der Waals surface area contributed by atoms with E-state index in [0.29, 0.717) is 19.0 Å². The number of aromatic nitrogens is 3. The minimum Gasteiger partial charge on any atom is -0.372 e. The van der Waals surface area contributed by atoms with E-state index in [2.05, 4.69) is 25.8 Å². The van der Waals surface area contributed by atoms with E-state index in [9.17, 15) is 4.79 Å². The van der Waals surface area contributed by atoms with Crippen molar-refractivity contribution in [2.75, 3.05) is 25.0 Å². The Balaban J connectivity index is 1.52. The number of carbonyl (C=O) groups excluding carboxylic acids is 1. The zero-order valence-electron chi connectivity index (χ0n) is 15.3. The van der Waals surface area contributed by atoms with Gasteiger partial charge in [-0.15, -0.1) is 10.2 Å². The second-order valence-electron chi connectivity index (χ2n) is 6.96. The summed E-state index contributed by atoms with van der Waals surface area (Å²) in [6.07, 6.45) is 2.05. The molecule has 27 heavy (non-hydrogen) atoms. The molecule has 0 aliphatic carbocycles. The summed E-state index contributed by atoms with van der Waals surface area (Å²) in [6.45, 7) is 5.98. The van der Waals surface area contributed by atoms with Gasteiger partial charge >= 0.3 is 0 Å². The summed E-state index contributed by atoms with van der Waals surface area (Å²) in [7, 11) is 0. The third kappa shape index (κ3) is 4.13. The largest absolute Gasteiger partial charge is 0.372 e. The van der Waals surface area contributed by atoms with Crippen molar-refractivity contribution in [2.24, 2.45) is 0 Å². The lowest BCUT2D eigenvalue weighted by Crippen LogP contribution is -2.49. The van der Waals surface area contributed by atoms with E-state index in [-0.39, 0.29) is 12.3 Å². The van der Waals surface area contributed by atoms with Crippen LogP contribution in [0.3, 0.4) is 0 Å². The summed E-state index contributed by atoms with van der Waals surface area (Å²) in [5, 5.41) is 18.2. The summed E-state index contributed by atoms with van der Waals surface area (Å²) < 4.78 is 5.76. The predicted molar refractivity (Wildman–Crippen MR) is 106 cm³/mol. The van der Waals surface area contributed by atoms with Crippen molar-refractivity contribution in [2.45, 2.75) is 25.9 Å². The van der Waals surface area contributed by atoms with Crippen LogP contribution >= 0.6 is 11.3 Å². The molecule has 1 saturated heterocycles. The first-order valence-corrected chi connectivity index (χ1v) is 9.67. The van der Waals surface area contributed by atoms with Gasteiger partial charge in [0.25, 0.3) is 0 Å². The second kappa shape index (κ2) is 7.30. The number of rotatable bonds is 4. The molecule has 1 aliphatic rings. The molecule has 0 bridgehead atoms. The standard InChI is InChI=1S/C19H21N5O2S/c1-12-23-24-18(27-12)13-3-4-14-10-21-16(8-15(14)7-13)22-17(25)9-19(2)11-20-5-6-26-19/h3-4,7-8,10,20H,5-6,9,11H2,1-2H3,(H,21,22,25). The van der Waals surface area contributed by atoms with Gasteiger partial charge < -0.3 is 15.4 Å². The van der Waals surface area contributed by atoms with Crippen molar-refractivity contribution in [3.8, 4) is 10.6 Å². The number of ether oxygens (including phenoxy) is 1. The molecule has 3 aromatic rings. The van der Waals surface area contributed by atoms with Gasteiger partial charge in [0.15, 0.2) is 0 Å². The Morgan fingerprint density at radius 3 is 2.96 bits per heavy atom. The zero-order chi connectivity index (χ0) is 18.9. The Morgan fingerprint density at radius 2 is 2.22 bits per heavy atom. The topological polar surface area (TPSA) is 89.0 Å². The van der Waals surface area contributed by atoms with Crippen LogP contribution in [-0.4, -0.2) is 46.4 Å². The molecule has 2 aromatic heterocycles. The number of pyridine rings is 1. The number of carbonyl (C=O) groups is 1. The van der Waals surface area contributed by atoms with Crippen LogP contribution in [0.25, 0.3) is 21.3 Å². The van der Waals surface area contributed by atoms with Gasteiger partial charge in [0.2, 0.25) is 5.91 Å². The average molecular weight is 383 g/mol. The number of hydrogen-bond donors (Lipinski definition) is 2. The number of fused-ring (bicyclic) bond motifs is 1. The number of nitrogens with one attached hydrogen (secondary N) is 2. The van der Waals surface area contributed by atoms with Crippen molar-refractivity contribution < 1.29 is 9.53 Å². The number of aryl methyl sites for hydroxylation is 1. The molecule has 1 amide bonds. The Labute approximate surface area is 161 Å². The van der Waals surface area contributed by atoms with Crippen LogP contribution in [0.2, 0.25) is 0 Å². The number of morpholine rings is 1. The summed E-state index contributed by atoms with van der Waals surface area (Å²) >= 11 is 1.56. The molecule has 1 fully saturated rings. The summed E-state index contributed by atoms with van der Waals surface area (Å²) in [5.41, 5.74) is 0.521. The van der Waals surface area contributed by atoms with E-state index in [0.717, 1.165) is 32.9 Å². The molecule has 3 heterocycles. The van der Waals surface area contributed by atoms with Crippen molar-refractivity contribution >= 4 is 33.8 Å². The summed E-state index contributed by atoms with van der Waals surface area (Å²) in [5.74, 6) is 0.425. The number of anilines is 1. The molecule has 140 valence electrons. The van der Waals surface area contributed by atoms with Crippen LogP contribution in [0, 0.1) is 6.92 Å². The van der Waals surface area contributed by atoms with E-state index in [1.54, 1.807) is 17.5 Å². The summed E-state index contributed by atoms with van der Waals surface area (Å²) in [6, 6.07) is 7.94. The maximum absolute atomic E-state index is 12.4. The minimum atomic E-state index is -0.484. The Hall–Kier alpha value is -2.42. The monoisotopic (exact) mass is 383 g/mol. The van der Waals surface area contributed by atoms with Gasteiger partial charge in [-0.05, 0) is 31.4 Å². The fraction of sp³-hybridized carbons (Fsp3) is 0.368. The lowest BCUT2D eigenvalue weighted by Gasteiger charge is -2.33. The zero-order valence-corrected chi connectivity index (χ0v) is 16.1. The SMILES string of the molecule is Cc1nnc(-c2ccc3cnc(NC(=O)CC4(C)CNCCO4)cc3c2)s1. The van der Waals surface area contributed by atoms with Crippen molar-refractivity contribution in [3.63, 3.8) is 0 Å². The molecule has 2 N–H and O–H groups in total. The van der Waals surface area contributed by atoms with Gasteiger partial charge in [0, 0.05) is 30.2 Å². The van der Waals surface area contributed by atoms with Crippen LogP contribution in [-0.2, 0) is 9.53 Å². The molecule has 7 nitrogen and oxygen atoms in total. The predicted octanol–water partition coefficient (Wildman–Crippen LogP) is 2.77. The number of nitrogens with zero attached hydrogens (tertiary/aromatic N) is 3. The van der Waals surface area contributed by atoms with Gasteiger partial charge in [0.1, 0.15) is 15.8 Å². The molecule has 0 spiro atoms. The first-order valence-electron chi connectivity index (χ1n) is 8.86. The van der Waals surface area contributed by atoms with Gasteiger partial charge in [-0.25, -0.2) is 4.98 Å².